The summed E-state index contributed by atoms with van der Waals surface area (Å²) in [5.74, 6) is -0.439. The van der Waals surface area contributed by atoms with E-state index in [2.05, 4.69) is 0 Å². The van der Waals surface area contributed by atoms with Gasteiger partial charge in [0.25, 0.3) is 0 Å². The molecule has 3 nitrogen and oxygen atoms in total. The summed E-state index contributed by atoms with van der Waals surface area (Å²) in [4.78, 5) is 0.603. The quantitative estimate of drug-likeness (QED) is 0.875. The molecular formula is C17H17NO2S2. The van der Waals surface area contributed by atoms with Crippen LogP contribution in [0.25, 0.3) is 0 Å². The van der Waals surface area contributed by atoms with Crippen LogP contribution in [0.3, 0.4) is 0 Å². The van der Waals surface area contributed by atoms with Crippen LogP contribution in [-0.4, -0.2) is 18.7 Å². The van der Waals surface area contributed by atoms with E-state index in [1.165, 1.54) is 0 Å². The van der Waals surface area contributed by atoms with Crippen LogP contribution in [0.1, 0.15) is 17.0 Å². The highest BCUT2D eigenvalue weighted by molar-refractivity contribution is 7.92. The molecule has 2 N–H and O–H groups in total. The normalized spacial score (nSPS) is 24.0. The average molecular weight is 331 g/mol. The minimum Gasteiger partial charge on any atom is -0.393 e. The highest BCUT2D eigenvalue weighted by atomic mass is 32.2. The largest absolute Gasteiger partial charge is 0.393 e. The second-order valence-electron chi connectivity index (χ2n) is 5.69. The Morgan fingerprint density at radius 1 is 1.05 bits per heavy atom. The van der Waals surface area contributed by atoms with Crippen molar-refractivity contribution in [2.75, 3.05) is 0 Å². The Kier molecular flexibility index (Phi) is 3.78. The van der Waals surface area contributed by atoms with Crippen LogP contribution in [0.15, 0.2) is 59.5 Å². The van der Waals surface area contributed by atoms with Crippen molar-refractivity contribution in [3.8, 4) is 0 Å². The Balaban J connectivity index is 1.99. The second-order valence-corrected chi connectivity index (χ2v) is 8.26. The summed E-state index contributed by atoms with van der Waals surface area (Å²) in [7, 11) is -3.43. The fourth-order valence-corrected chi connectivity index (χ4v) is 5.51. The number of sulfone groups is 1. The van der Waals surface area contributed by atoms with E-state index in [4.69, 9.17) is 18.0 Å². The molecule has 0 aromatic heterocycles. The predicted molar refractivity (Wildman–Crippen MR) is 91.6 cm³/mol. The molecule has 2 aromatic rings. The summed E-state index contributed by atoms with van der Waals surface area (Å²) in [5.41, 5.74) is 7.90. The van der Waals surface area contributed by atoms with Crippen LogP contribution in [0.5, 0.6) is 0 Å². The first-order chi connectivity index (χ1) is 10.4. The molecule has 0 spiro atoms. The Morgan fingerprint density at radius 3 is 2.18 bits per heavy atom. The van der Waals surface area contributed by atoms with Gasteiger partial charge in [-0.2, -0.15) is 0 Å². The van der Waals surface area contributed by atoms with Gasteiger partial charge in [-0.15, -0.1) is 0 Å². The SMILES string of the molecule is Cc1ccc([C@@H]2[C@@H](C(N)=S)[C@H]2S(=O)(=O)c2ccccc2)cc1. The minimum atomic E-state index is -3.43. The smallest absolute Gasteiger partial charge is 0.182 e. The molecule has 114 valence electrons. The van der Waals surface area contributed by atoms with Gasteiger partial charge < -0.3 is 5.73 Å². The van der Waals surface area contributed by atoms with Crippen molar-refractivity contribution < 1.29 is 8.42 Å². The van der Waals surface area contributed by atoms with E-state index in [1.807, 2.05) is 31.2 Å². The number of thiocarbonyl (C=S) groups is 1. The molecule has 2 aromatic carbocycles. The molecule has 1 aliphatic carbocycles. The number of rotatable bonds is 4. The lowest BCUT2D eigenvalue weighted by molar-refractivity contribution is 0.593. The highest BCUT2D eigenvalue weighted by Crippen LogP contribution is 2.54. The summed E-state index contributed by atoms with van der Waals surface area (Å²) in [6, 6.07) is 16.4. The van der Waals surface area contributed by atoms with E-state index in [9.17, 15) is 8.42 Å². The van der Waals surface area contributed by atoms with E-state index >= 15 is 0 Å². The molecule has 1 saturated carbocycles. The van der Waals surface area contributed by atoms with Gasteiger partial charge in [0.15, 0.2) is 9.84 Å². The first kappa shape index (κ1) is 15.2. The van der Waals surface area contributed by atoms with Crippen molar-refractivity contribution in [2.45, 2.75) is 23.0 Å². The standard InChI is InChI=1S/C17H17NO2S2/c1-11-7-9-12(10-8-11)14-15(17(18)21)16(14)22(19,20)13-5-3-2-4-6-13/h2-10,14-16H,1H3,(H2,18,21)/t14-,15-,16+/m1/s1. The number of hydrogen-bond donors (Lipinski definition) is 1. The Bertz CT molecular complexity index is 798. The molecule has 0 saturated heterocycles. The van der Waals surface area contributed by atoms with Gasteiger partial charge in [0.1, 0.15) is 0 Å². The van der Waals surface area contributed by atoms with Crippen molar-refractivity contribution in [3.05, 3.63) is 65.7 Å². The third kappa shape index (κ3) is 2.55. The zero-order valence-electron chi connectivity index (χ0n) is 12.1. The first-order valence-corrected chi connectivity index (χ1v) is 9.03. The summed E-state index contributed by atoms with van der Waals surface area (Å²) in [5, 5.41) is -0.560. The van der Waals surface area contributed by atoms with Gasteiger partial charge in [-0.1, -0.05) is 60.2 Å². The lowest BCUT2D eigenvalue weighted by atomic mass is 10.1. The van der Waals surface area contributed by atoms with Crippen molar-refractivity contribution in [1.29, 1.82) is 0 Å². The number of hydrogen-bond acceptors (Lipinski definition) is 3. The Hall–Kier alpha value is -1.72. The molecule has 22 heavy (non-hydrogen) atoms. The van der Waals surface area contributed by atoms with E-state index in [-0.39, 0.29) is 16.8 Å². The van der Waals surface area contributed by atoms with Gasteiger partial charge in [-0.3, -0.25) is 0 Å². The summed E-state index contributed by atoms with van der Waals surface area (Å²) in [6.45, 7) is 2.00. The fraction of sp³-hybridized carbons (Fsp3) is 0.235. The molecule has 1 aliphatic rings. The minimum absolute atomic E-state index is 0.150. The lowest BCUT2D eigenvalue weighted by Gasteiger charge is -2.04. The average Bonchev–Trinajstić information content (AvgIpc) is 3.25. The maximum atomic E-state index is 12.8. The molecule has 0 amide bonds. The molecule has 0 unspecified atom stereocenters. The summed E-state index contributed by atoms with van der Waals surface area (Å²) >= 11 is 5.09. The third-order valence-corrected chi connectivity index (χ3v) is 6.68. The van der Waals surface area contributed by atoms with E-state index in [1.54, 1.807) is 30.3 Å². The van der Waals surface area contributed by atoms with Crippen LogP contribution in [0.4, 0.5) is 0 Å². The number of benzene rings is 2. The molecule has 3 rings (SSSR count). The van der Waals surface area contributed by atoms with Crippen LogP contribution in [0.2, 0.25) is 0 Å². The zero-order valence-corrected chi connectivity index (χ0v) is 13.8. The van der Waals surface area contributed by atoms with Crippen LogP contribution in [-0.2, 0) is 9.84 Å². The van der Waals surface area contributed by atoms with E-state index in [0.29, 0.717) is 4.90 Å². The molecule has 0 bridgehead atoms. The molecule has 0 aliphatic heterocycles. The van der Waals surface area contributed by atoms with Crippen LogP contribution in [0, 0.1) is 12.8 Å². The van der Waals surface area contributed by atoms with Crippen molar-refractivity contribution in [3.63, 3.8) is 0 Å². The molecule has 5 heteroatoms. The third-order valence-electron chi connectivity index (χ3n) is 4.17. The van der Waals surface area contributed by atoms with Gasteiger partial charge in [0, 0.05) is 11.8 Å². The van der Waals surface area contributed by atoms with Crippen molar-refractivity contribution >= 4 is 27.0 Å². The summed E-state index contributed by atoms with van der Waals surface area (Å²) in [6.07, 6.45) is 0. The van der Waals surface area contributed by atoms with E-state index < -0.39 is 15.1 Å². The van der Waals surface area contributed by atoms with Gasteiger partial charge in [-0.25, -0.2) is 8.42 Å². The maximum Gasteiger partial charge on any atom is 0.182 e. The monoisotopic (exact) mass is 331 g/mol. The Labute approximate surface area is 136 Å². The number of nitrogens with two attached hydrogens (primary N) is 1. The highest BCUT2D eigenvalue weighted by Gasteiger charge is 2.60. The fourth-order valence-electron chi connectivity index (χ4n) is 2.96. The van der Waals surface area contributed by atoms with Crippen LogP contribution < -0.4 is 5.73 Å². The predicted octanol–water partition coefficient (Wildman–Crippen LogP) is 2.84. The summed E-state index contributed by atoms with van der Waals surface area (Å²) < 4.78 is 25.7. The molecule has 1 fully saturated rings. The van der Waals surface area contributed by atoms with Crippen molar-refractivity contribution in [1.82, 2.24) is 0 Å². The van der Waals surface area contributed by atoms with Gasteiger partial charge >= 0.3 is 0 Å². The Morgan fingerprint density at radius 2 is 1.64 bits per heavy atom. The first-order valence-electron chi connectivity index (χ1n) is 7.08. The second kappa shape index (κ2) is 5.48. The molecule has 0 radical (unpaired) electrons. The lowest BCUT2D eigenvalue weighted by Crippen LogP contribution is -2.17. The number of aryl methyl sites for hydroxylation is 1. The van der Waals surface area contributed by atoms with Crippen LogP contribution >= 0.6 is 12.2 Å². The van der Waals surface area contributed by atoms with Gasteiger partial charge in [0.2, 0.25) is 0 Å². The van der Waals surface area contributed by atoms with Gasteiger partial charge in [-0.05, 0) is 24.6 Å². The zero-order chi connectivity index (χ0) is 15.9. The molecular weight excluding hydrogens is 314 g/mol. The van der Waals surface area contributed by atoms with Crippen molar-refractivity contribution in [2.24, 2.45) is 11.7 Å². The van der Waals surface area contributed by atoms with E-state index in [0.717, 1.165) is 11.1 Å². The topological polar surface area (TPSA) is 60.2 Å². The molecule has 3 atom stereocenters. The van der Waals surface area contributed by atoms with Gasteiger partial charge in [0.05, 0.1) is 15.1 Å². The molecule has 0 heterocycles. The maximum absolute atomic E-state index is 12.8.